The van der Waals surface area contributed by atoms with Gasteiger partial charge in [-0.25, -0.2) is 4.98 Å². The van der Waals surface area contributed by atoms with Gasteiger partial charge in [0.2, 0.25) is 0 Å². The molecule has 2 atom stereocenters. The fourth-order valence-corrected chi connectivity index (χ4v) is 3.49. The summed E-state index contributed by atoms with van der Waals surface area (Å²) in [4.78, 5) is 20.6. The van der Waals surface area contributed by atoms with Gasteiger partial charge in [0.25, 0.3) is 5.56 Å². The molecule has 19 heavy (non-hydrogen) atoms. The minimum absolute atomic E-state index is 0.232. The highest BCUT2D eigenvalue weighted by atomic mass is 16.1. The molecule has 104 valence electrons. The standard InChI is InChI=1S/C13H21N5O/c1-2-18(12-11(14)13(19)16-7-15-12)10-5-8-3-4-9(6-10)17-8/h7-10,17H,2-6,14H2,1H3,(H,15,16,19). The first-order chi connectivity index (χ1) is 9.19. The van der Waals surface area contributed by atoms with Gasteiger partial charge in [0.05, 0.1) is 6.33 Å². The zero-order chi connectivity index (χ0) is 13.4. The van der Waals surface area contributed by atoms with E-state index >= 15 is 0 Å². The molecular formula is C13H21N5O. The molecule has 2 aliphatic rings. The first kappa shape index (κ1) is 12.5. The first-order valence-corrected chi connectivity index (χ1v) is 7.05. The molecule has 0 radical (unpaired) electrons. The van der Waals surface area contributed by atoms with Crippen molar-refractivity contribution in [2.45, 2.75) is 50.7 Å². The topological polar surface area (TPSA) is 87.0 Å². The van der Waals surface area contributed by atoms with Crippen molar-refractivity contribution in [2.75, 3.05) is 17.2 Å². The molecule has 2 saturated heterocycles. The number of nitrogens with zero attached hydrogens (tertiary/aromatic N) is 2. The maximum Gasteiger partial charge on any atom is 0.276 e. The summed E-state index contributed by atoms with van der Waals surface area (Å²) in [6.07, 6.45) is 6.18. The maximum absolute atomic E-state index is 11.6. The van der Waals surface area contributed by atoms with E-state index in [0.717, 1.165) is 19.4 Å². The van der Waals surface area contributed by atoms with Gasteiger partial charge in [0, 0.05) is 24.7 Å². The number of aromatic nitrogens is 2. The summed E-state index contributed by atoms with van der Waals surface area (Å²) in [5.41, 5.74) is 5.87. The van der Waals surface area contributed by atoms with E-state index in [0.29, 0.717) is 23.9 Å². The average molecular weight is 263 g/mol. The molecule has 2 fully saturated rings. The third-order valence-electron chi connectivity index (χ3n) is 4.37. The van der Waals surface area contributed by atoms with Crippen LogP contribution in [0.4, 0.5) is 11.5 Å². The number of hydrogen-bond donors (Lipinski definition) is 3. The lowest BCUT2D eigenvalue weighted by Gasteiger charge is -2.38. The largest absolute Gasteiger partial charge is 0.391 e. The number of fused-ring (bicyclic) bond motifs is 2. The number of rotatable bonds is 3. The van der Waals surface area contributed by atoms with Crippen molar-refractivity contribution in [2.24, 2.45) is 0 Å². The summed E-state index contributed by atoms with van der Waals surface area (Å²) in [7, 11) is 0. The predicted molar refractivity (Wildman–Crippen MR) is 75.3 cm³/mol. The van der Waals surface area contributed by atoms with Gasteiger partial charge in [0.15, 0.2) is 5.82 Å². The van der Waals surface area contributed by atoms with Crippen molar-refractivity contribution in [3.8, 4) is 0 Å². The Balaban J connectivity index is 1.88. The van der Waals surface area contributed by atoms with Crippen molar-refractivity contribution in [3.05, 3.63) is 16.7 Å². The van der Waals surface area contributed by atoms with Crippen molar-refractivity contribution in [1.82, 2.24) is 15.3 Å². The summed E-state index contributed by atoms with van der Waals surface area (Å²) in [5.74, 6) is 0.637. The van der Waals surface area contributed by atoms with Crippen LogP contribution in [0.5, 0.6) is 0 Å². The Kier molecular flexibility index (Phi) is 3.18. The van der Waals surface area contributed by atoms with Gasteiger partial charge >= 0.3 is 0 Å². The lowest BCUT2D eigenvalue weighted by atomic mass is 9.98. The highest BCUT2D eigenvalue weighted by molar-refractivity contribution is 5.61. The summed E-state index contributed by atoms with van der Waals surface area (Å²) in [6.45, 7) is 2.91. The van der Waals surface area contributed by atoms with Crippen LogP contribution in [0.1, 0.15) is 32.6 Å². The second-order valence-corrected chi connectivity index (χ2v) is 5.52. The molecule has 1 aromatic rings. The fourth-order valence-electron chi connectivity index (χ4n) is 3.49. The van der Waals surface area contributed by atoms with Crippen LogP contribution in [0.2, 0.25) is 0 Å². The van der Waals surface area contributed by atoms with E-state index in [4.69, 9.17) is 5.73 Å². The number of aromatic amines is 1. The normalized spacial score (nSPS) is 29.4. The van der Waals surface area contributed by atoms with E-state index in [1.54, 1.807) is 0 Å². The SMILES string of the molecule is CCN(c1nc[nH]c(=O)c1N)C1CC2CCC(C1)N2. The second-order valence-electron chi connectivity index (χ2n) is 5.52. The Labute approximate surface area is 112 Å². The quantitative estimate of drug-likeness (QED) is 0.737. The Bertz CT molecular complexity index is 502. The molecule has 2 aliphatic heterocycles. The summed E-state index contributed by atoms with van der Waals surface area (Å²) >= 11 is 0. The van der Waals surface area contributed by atoms with Crippen molar-refractivity contribution >= 4 is 11.5 Å². The third kappa shape index (κ3) is 2.20. The molecular weight excluding hydrogens is 242 g/mol. The lowest BCUT2D eigenvalue weighted by molar-refractivity contribution is 0.348. The molecule has 2 bridgehead atoms. The van der Waals surface area contributed by atoms with Crippen molar-refractivity contribution in [1.29, 1.82) is 0 Å². The Morgan fingerprint density at radius 1 is 1.42 bits per heavy atom. The van der Waals surface area contributed by atoms with E-state index in [-0.39, 0.29) is 11.2 Å². The monoisotopic (exact) mass is 263 g/mol. The van der Waals surface area contributed by atoms with Gasteiger partial charge in [-0.3, -0.25) is 4.79 Å². The number of nitrogens with two attached hydrogens (primary N) is 1. The highest BCUT2D eigenvalue weighted by Gasteiger charge is 2.36. The van der Waals surface area contributed by atoms with Gasteiger partial charge < -0.3 is 20.9 Å². The summed E-state index contributed by atoms with van der Waals surface area (Å²) in [6, 6.07) is 1.65. The number of nitrogen functional groups attached to an aromatic ring is 1. The van der Waals surface area contributed by atoms with Gasteiger partial charge in [-0.15, -0.1) is 0 Å². The zero-order valence-electron chi connectivity index (χ0n) is 11.2. The Morgan fingerprint density at radius 2 is 2.11 bits per heavy atom. The van der Waals surface area contributed by atoms with Gasteiger partial charge in [0.1, 0.15) is 5.69 Å². The van der Waals surface area contributed by atoms with Crippen LogP contribution < -0.4 is 21.5 Å². The van der Waals surface area contributed by atoms with E-state index < -0.39 is 0 Å². The molecule has 0 saturated carbocycles. The second kappa shape index (κ2) is 4.85. The number of piperidine rings is 1. The van der Waals surface area contributed by atoms with Crippen LogP contribution in [-0.4, -0.2) is 34.6 Å². The summed E-state index contributed by atoms with van der Waals surface area (Å²) < 4.78 is 0. The molecule has 0 aromatic carbocycles. The van der Waals surface area contributed by atoms with Crippen LogP contribution in [0.15, 0.2) is 11.1 Å². The molecule has 0 spiro atoms. The number of anilines is 2. The van der Waals surface area contributed by atoms with Crippen LogP contribution in [0, 0.1) is 0 Å². The smallest absolute Gasteiger partial charge is 0.276 e. The average Bonchev–Trinajstić information content (AvgIpc) is 2.74. The van der Waals surface area contributed by atoms with Crippen LogP contribution in [-0.2, 0) is 0 Å². The zero-order valence-corrected chi connectivity index (χ0v) is 11.2. The summed E-state index contributed by atoms with van der Waals surface area (Å²) in [5, 5.41) is 3.63. The molecule has 0 aliphatic carbocycles. The van der Waals surface area contributed by atoms with Crippen LogP contribution >= 0.6 is 0 Å². The van der Waals surface area contributed by atoms with Crippen LogP contribution in [0.25, 0.3) is 0 Å². The minimum atomic E-state index is -0.250. The fraction of sp³-hybridized carbons (Fsp3) is 0.692. The van der Waals surface area contributed by atoms with Gasteiger partial charge in [-0.05, 0) is 32.6 Å². The third-order valence-corrected chi connectivity index (χ3v) is 4.37. The van der Waals surface area contributed by atoms with E-state index in [2.05, 4.69) is 27.1 Å². The number of H-pyrrole nitrogens is 1. The van der Waals surface area contributed by atoms with Gasteiger partial charge in [-0.2, -0.15) is 0 Å². The molecule has 4 N–H and O–H groups in total. The molecule has 2 unspecified atom stereocenters. The molecule has 3 heterocycles. The molecule has 1 aromatic heterocycles. The molecule has 6 heteroatoms. The van der Waals surface area contributed by atoms with Crippen LogP contribution in [0.3, 0.4) is 0 Å². The Morgan fingerprint density at radius 3 is 2.74 bits per heavy atom. The van der Waals surface area contributed by atoms with Crippen molar-refractivity contribution < 1.29 is 0 Å². The number of nitrogens with one attached hydrogen (secondary N) is 2. The van der Waals surface area contributed by atoms with E-state index in [1.807, 2.05) is 0 Å². The number of hydrogen-bond acceptors (Lipinski definition) is 5. The first-order valence-electron chi connectivity index (χ1n) is 7.05. The predicted octanol–water partition coefficient (Wildman–Crippen LogP) is 0.461. The highest BCUT2D eigenvalue weighted by Crippen LogP contribution is 2.32. The van der Waals surface area contributed by atoms with E-state index in [9.17, 15) is 4.79 Å². The Hall–Kier alpha value is -1.56. The van der Waals surface area contributed by atoms with Gasteiger partial charge in [-0.1, -0.05) is 0 Å². The molecule has 6 nitrogen and oxygen atoms in total. The molecule has 3 rings (SSSR count). The van der Waals surface area contributed by atoms with Crippen molar-refractivity contribution in [3.63, 3.8) is 0 Å². The maximum atomic E-state index is 11.6. The van der Waals surface area contributed by atoms with E-state index in [1.165, 1.54) is 19.2 Å². The lowest BCUT2D eigenvalue weighted by Crippen LogP contribution is -2.49. The molecule has 0 amide bonds. The minimum Gasteiger partial charge on any atom is -0.391 e.